The molecule has 11 nitrogen and oxygen atoms in total. The van der Waals surface area contributed by atoms with Gasteiger partial charge in [-0.2, -0.15) is 4.98 Å². The molecule has 3 fully saturated rings. The summed E-state index contributed by atoms with van der Waals surface area (Å²) in [5.74, 6) is -0.567. The number of fused-ring (bicyclic) bond motifs is 1. The van der Waals surface area contributed by atoms with Crippen molar-refractivity contribution in [1.82, 2.24) is 19.6 Å². The van der Waals surface area contributed by atoms with Crippen molar-refractivity contribution in [3.05, 3.63) is 59.9 Å². The summed E-state index contributed by atoms with van der Waals surface area (Å²) in [6, 6.07) is 9.56. The van der Waals surface area contributed by atoms with Gasteiger partial charge < -0.3 is 14.4 Å². The van der Waals surface area contributed by atoms with E-state index in [1.165, 1.54) is 19.1 Å². The quantitative estimate of drug-likeness (QED) is 0.131. The van der Waals surface area contributed by atoms with E-state index in [1.807, 2.05) is 38.1 Å². The van der Waals surface area contributed by atoms with Crippen LogP contribution >= 0.6 is 0 Å². The number of sulfonamides is 1. The Morgan fingerprint density at radius 1 is 1.06 bits per heavy atom. The van der Waals surface area contributed by atoms with Crippen molar-refractivity contribution in [3.8, 4) is 23.0 Å². The van der Waals surface area contributed by atoms with Crippen LogP contribution in [0.1, 0.15) is 77.2 Å². The SMILES string of the molecule is CC[C@]1(C(=O)NS(=O)(=O)C2CC2)C[C@H]1/C=C\CCCCN(C)C(=O)C1C[C@H](Oc2nc(-c3ccc(F)cc3)nc3c(C)c(OC)ccc23)C[C@H]1C(C)=O. The van der Waals surface area contributed by atoms with E-state index < -0.39 is 38.6 Å². The molecule has 1 N–H and O–H groups in total. The van der Waals surface area contributed by atoms with Crippen LogP contribution in [0.15, 0.2) is 48.6 Å². The van der Waals surface area contributed by atoms with Crippen LogP contribution in [0.3, 0.4) is 0 Å². The number of ketones is 1. The molecule has 1 heterocycles. The largest absolute Gasteiger partial charge is 0.496 e. The summed E-state index contributed by atoms with van der Waals surface area (Å²) in [5, 5.41) is 0.236. The average molecular weight is 749 g/mol. The second-order valence-electron chi connectivity index (χ2n) is 14.9. The lowest BCUT2D eigenvalue weighted by molar-refractivity contribution is -0.138. The summed E-state index contributed by atoms with van der Waals surface area (Å²) in [5.41, 5.74) is 1.39. The van der Waals surface area contributed by atoms with Crippen LogP contribution in [0.25, 0.3) is 22.3 Å². The lowest BCUT2D eigenvalue weighted by Crippen LogP contribution is -2.39. The minimum Gasteiger partial charge on any atom is -0.496 e. The van der Waals surface area contributed by atoms with E-state index >= 15 is 0 Å². The summed E-state index contributed by atoms with van der Waals surface area (Å²) in [6.07, 6.45) is 9.18. The standard InChI is InChI=1S/C40H49FN4O7S/c1-6-40(39(48)44-53(49,50)30-16-17-30)23-27(40)11-9-7-8-10-20-45(4)38(47)33-22-29(21-32(33)25(3)46)52-37-31-18-19-34(51-5)24(2)35(31)42-36(43-37)26-12-14-28(41)15-13-26/h9,11-15,18-19,27,29-30,32-33H,6-8,10,16-17,20-23H2,1-5H3,(H,44,48)/b11-9-/t27-,29-,32+,33?,40+/m1/s1. The van der Waals surface area contributed by atoms with Crippen LogP contribution < -0.4 is 14.2 Å². The first-order valence-electron chi connectivity index (χ1n) is 18.5. The molecule has 3 aromatic rings. The minimum atomic E-state index is -3.57. The summed E-state index contributed by atoms with van der Waals surface area (Å²) in [4.78, 5) is 50.6. The van der Waals surface area contributed by atoms with Crippen molar-refractivity contribution < 1.29 is 36.7 Å². The molecule has 2 aromatic carbocycles. The number of Topliss-reactive ketones (excluding diaryl/α,β-unsaturated/α-hetero) is 1. The lowest BCUT2D eigenvalue weighted by Gasteiger charge is -2.23. The molecule has 1 unspecified atom stereocenters. The molecule has 3 aliphatic rings. The summed E-state index contributed by atoms with van der Waals surface area (Å²) >= 11 is 0. The number of ether oxygens (including phenoxy) is 2. The van der Waals surface area contributed by atoms with Crippen molar-refractivity contribution in [2.24, 2.45) is 23.2 Å². The highest BCUT2D eigenvalue weighted by molar-refractivity contribution is 7.90. The first-order valence-corrected chi connectivity index (χ1v) is 20.1. The summed E-state index contributed by atoms with van der Waals surface area (Å²) in [7, 11) is -0.217. The zero-order valence-electron chi connectivity index (χ0n) is 31.1. The maximum atomic E-state index is 13.7. The Hall–Kier alpha value is -4.39. The van der Waals surface area contributed by atoms with E-state index in [1.54, 1.807) is 31.2 Å². The Kier molecular flexibility index (Phi) is 11.2. The van der Waals surface area contributed by atoms with Crippen molar-refractivity contribution in [2.45, 2.75) is 89.9 Å². The van der Waals surface area contributed by atoms with Crippen LogP contribution in [0.4, 0.5) is 4.39 Å². The number of carbonyl (C=O) groups excluding carboxylic acids is 3. The van der Waals surface area contributed by atoms with Gasteiger partial charge in [-0.05, 0) is 114 Å². The Labute approximate surface area is 310 Å². The fourth-order valence-electron chi connectivity index (χ4n) is 7.66. The third-order valence-electron chi connectivity index (χ3n) is 11.3. The number of methoxy groups -OCH3 is 1. The highest BCUT2D eigenvalue weighted by atomic mass is 32.2. The molecule has 0 spiro atoms. The van der Waals surface area contributed by atoms with Gasteiger partial charge in [0.25, 0.3) is 0 Å². The molecule has 13 heteroatoms. The number of unbranched alkanes of at least 4 members (excludes halogenated alkanes) is 2. The predicted octanol–water partition coefficient (Wildman–Crippen LogP) is 6.33. The molecule has 0 saturated heterocycles. The Balaban J connectivity index is 1.05. The van der Waals surface area contributed by atoms with Gasteiger partial charge in [0.2, 0.25) is 27.7 Å². The number of aromatic nitrogens is 2. The molecule has 3 saturated carbocycles. The number of rotatable bonds is 16. The molecule has 53 heavy (non-hydrogen) atoms. The summed E-state index contributed by atoms with van der Waals surface area (Å²) < 4.78 is 52.6. The second-order valence-corrected chi connectivity index (χ2v) is 16.8. The minimum absolute atomic E-state index is 0.0221. The van der Waals surface area contributed by atoms with Crippen LogP contribution in [-0.2, 0) is 24.4 Å². The number of hydrogen-bond donors (Lipinski definition) is 1. The number of aryl methyl sites for hydroxylation is 1. The molecule has 1 aromatic heterocycles. The van der Waals surface area contributed by atoms with Gasteiger partial charge in [0.15, 0.2) is 5.82 Å². The molecular weight excluding hydrogens is 700 g/mol. The molecule has 0 aliphatic heterocycles. The van der Waals surface area contributed by atoms with Crippen molar-refractivity contribution in [3.63, 3.8) is 0 Å². The van der Waals surface area contributed by atoms with Gasteiger partial charge in [-0.3, -0.25) is 19.1 Å². The number of benzene rings is 2. The number of allylic oxidation sites excluding steroid dienone is 2. The number of nitrogens with zero attached hydrogens (tertiary/aromatic N) is 3. The van der Waals surface area contributed by atoms with E-state index in [9.17, 15) is 27.2 Å². The first-order chi connectivity index (χ1) is 25.3. The second kappa shape index (κ2) is 15.5. The Morgan fingerprint density at radius 2 is 1.77 bits per heavy atom. The third-order valence-corrected chi connectivity index (χ3v) is 13.1. The fourth-order valence-corrected chi connectivity index (χ4v) is 9.05. The molecule has 284 valence electrons. The van der Waals surface area contributed by atoms with Gasteiger partial charge in [0.1, 0.15) is 23.5 Å². The highest BCUT2D eigenvalue weighted by Crippen LogP contribution is 2.56. The predicted molar refractivity (Wildman–Crippen MR) is 199 cm³/mol. The van der Waals surface area contributed by atoms with E-state index in [-0.39, 0.29) is 29.3 Å². The molecular formula is C40H49FN4O7S. The van der Waals surface area contributed by atoms with Crippen LogP contribution in [0.2, 0.25) is 0 Å². The number of nitrogens with one attached hydrogen (secondary N) is 1. The zero-order chi connectivity index (χ0) is 38.1. The zero-order valence-corrected chi connectivity index (χ0v) is 31.9. The average Bonchev–Trinajstić information content (AvgIpc) is 4.06. The van der Waals surface area contributed by atoms with Gasteiger partial charge in [-0.1, -0.05) is 19.1 Å². The van der Waals surface area contributed by atoms with Gasteiger partial charge in [-0.15, -0.1) is 0 Å². The van der Waals surface area contributed by atoms with Crippen LogP contribution in [-0.4, -0.2) is 72.9 Å². The van der Waals surface area contributed by atoms with Crippen LogP contribution in [0.5, 0.6) is 11.6 Å². The first kappa shape index (κ1) is 38.3. The molecule has 3 aliphatic carbocycles. The fraction of sp³-hybridized carbons (Fsp3) is 0.525. The van der Waals surface area contributed by atoms with E-state index in [0.717, 1.165) is 24.8 Å². The maximum absolute atomic E-state index is 13.7. The van der Waals surface area contributed by atoms with Crippen LogP contribution in [0, 0.1) is 35.9 Å². The smallest absolute Gasteiger partial charge is 0.240 e. The molecule has 6 rings (SSSR count). The molecule has 2 amide bonds. The molecule has 0 radical (unpaired) electrons. The normalized spacial score (nSPS) is 24.0. The summed E-state index contributed by atoms with van der Waals surface area (Å²) in [6.45, 7) is 5.86. The highest BCUT2D eigenvalue weighted by Gasteiger charge is 2.58. The number of hydrogen-bond acceptors (Lipinski definition) is 9. The van der Waals surface area contributed by atoms with Gasteiger partial charge in [0.05, 0.1) is 34.6 Å². The third kappa shape index (κ3) is 8.24. The van der Waals surface area contributed by atoms with Gasteiger partial charge in [-0.25, -0.2) is 17.8 Å². The van der Waals surface area contributed by atoms with Gasteiger partial charge in [0, 0.05) is 30.6 Å². The van der Waals surface area contributed by atoms with Crippen molar-refractivity contribution in [1.29, 1.82) is 0 Å². The molecule has 5 atom stereocenters. The van der Waals surface area contributed by atoms with E-state index in [4.69, 9.17) is 19.4 Å². The van der Waals surface area contributed by atoms with Crippen molar-refractivity contribution >= 4 is 38.5 Å². The number of amides is 2. The van der Waals surface area contributed by atoms with Gasteiger partial charge >= 0.3 is 0 Å². The number of carbonyl (C=O) groups is 3. The maximum Gasteiger partial charge on any atom is 0.240 e. The van der Waals surface area contributed by atoms with E-state index in [2.05, 4.69) is 4.72 Å². The van der Waals surface area contributed by atoms with Crippen molar-refractivity contribution in [2.75, 3.05) is 20.7 Å². The molecule has 0 bridgehead atoms. The monoisotopic (exact) mass is 748 g/mol. The topological polar surface area (TPSA) is 145 Å². The van der Waals surface area contributed by atoms with E-state index in [0.29, 0.717) is 79.0 Å². The number of halogens is 1. The Bertz CT molecular complexity index is 2020. The Morgan fingerprint density at radius 3 is 2.43 bits per heavy atom. The lowest BCUT2D eigenvalue weighted by atomic mass is 9.91.